The quantitative estimate of drug-likeness (QED) is 0.912. The second kappa shape index (κ2) is 6.19. The normalized spacial score (nSPS) is 24.2. The third kappa shape index (κ3) is 3.44. The predicted molar refractivity (Wildman–Crippen MR) is 74.4 cm³/mol. The summed E-state index contributed by atoms with van der Waals surface area (Å²) in [5.74, 6) is 0. The van der Waals surface area contributed by atoms with Gasteiger partial charge in [0.15, 0.2) is 0 Å². The minimum Gasteiger partial charge on any atom is -0.380 e. The lowest BCUT2D eigenvalue weighted by atomic mass is 10.1. The molecule has 1 N–H and O–H groups in total. The molecule has 1 saturated carbocycles. The number of ether oxygens (including phenoxy) is 1. The average Bonchev–Trinajstić information content (AvgIpc) is 2.78. The summed E-state index contributed by atoms with van der Waals surface area (Å²) in [6, 6.07) is 6.52. The van der Waals surface area contributed by atoms with Gasteiger partial charge in [0, 0.05) is 24.2 Å². The van der Waals surface area contributed by atoms with Crippen molar-refractivity contribution in [1.29, 1.82) is 0 Å². The van der Waals surface area contributed by atoms with Gasteiger partial charge in [0.05, 0.1) is 11.1 Å². The van der Waals surface area contributed by atoms with Crippen LogP contribution in [0.15, 0.2) is 22.7 Å². The summed E-state index contributed by atoms with van der Waals surface area (Å²) in [5.41, 5.74) is 1.24. The van der Waals surface area contributed by atoms with Crippen molar-refractivity contribution in [3.05, 3.63) is 33.3 Å². The smallest absolute Gasteiger partial charge is 0.0724 e. The van der Waals surface area contributed by atoms with Gasteiger partial charge in [-0.15, -0.1) is 0 Å². The largest absolute Gasteiger partial charge is 0.380 e. The molecule has 17 heavy (non-hydrogen) atoms. The van der Waals surface area contributed by atoms with Crippen LogP contribution in [-0.2, 0) is 11.3 Å². The molecule has 1 fully saturated rings. The molecule has 0 amide bonds. The fourth-order valence-corrected chi connectivity index (χ4v) is 2.88. The van der Waals surface area contributed by atoms with Gasteiger partial charge in [-0.1, -0.05) is 17.7 Å². The first kappa shape index (κ1) is 13.3. The lowest BCUT2D eigenvalue weighted by Gasteiger charge is -2.19. The van der Waals surface area contributed by atoms with Crippen LogP contribution in [-0.4, -0.2) is 19.3 Å². The Morgan fingerprint density at radius 2 is 2.29 bits per heavy atom. The monoisotopic (exact) mass is 317 g/mol. The summed E-state index contributed by atoms with van der Waals surface area (Å²) in [4.78, 5) is 0. The van der Waals surface area contributed by atoms with Crippen LogP contribution in [0.25, 0.3) is 0 Å². The molecule has 0 spiro atoms. The second-order valence-corrected chi connectivity index (χ2v) is 5.70. The number of hydrogen-bond donors (Lipinski definition) is 1. The lowest BCUT2D eigenvalue weighted by molar-refractivity contribution is 0.0847. The Balaban J connectivity index is 1.91. The molecule has 94 valence electrons. The summed E-state index contributed by atoms with van der Waals surface area (Å²) < 4.78 is 6.41. The fraction of sp³-hybridized carbons (Fsp3) is 0.538. The molecule has 4 heteroatoms. The highest BCUT2D eigenvalue weighted by atomic mass is 79.9. The Labute approximate surface area is 116 Å². The van der Waals surface area contributed by atoms with Crippen LogP contribution >= 0.6 is 27.5 Å². The molecule has 1 aromatic rings. The highest BCUT2D eigenvalue weighted by Crippen LogP contribution is 2.24. The van der Waals surface area contributed by atoms with Gasteiger partial charge in [0.25, 0.3) is 0 Å². The molecule has 2 nitrogen and oxygen atoms in total. The van der Waals surface area contributed by atoms with Crippen molar-refractivity contribution < 1.29 is 4.74 Å². The molecule has 0 aromatic heterocycles. The maximum atomic E-state index is 5.97. The minimum absolute atomic E-state index is 0.366. The minimum atomic E-state index is 0.366. The van der Waals surface area contributed by atoms with Crippen molar-refractivity contribution in [2.45, 2.75) is 38.0 Å². The molecule has 0 heterocycles. The van der Waals surface area contributed by atoms with Crippen LogP contribution in [0.4, 0.5) is 0 Å². The first-order valence-electron chi connectivity index (χ1n) is 5.91. The van der Waals surface area contributed by atoms with Crippen LogP contribution in [0.5, 0.6) is 0 Å². The standard InChI is InChI=1S/C13H17BrClNO/c1-17-13-4-2-3-12(13)16-8-9-5-6-11(15)10(14)7-9/h5-7,12-13,16H,2-4,8H2,1H3. The Morgan fingerprint density at radius 3 is 3.00 bits per heavy atom. The summed E-state index contributed by atoms with van der Waals surface area (Å²) in [5, 5.41) is 4.31. The number of hydrogen-bond acceptors (Lipinski definition) is 2. The van der Waals surface area contributed by atoms with Crippen LogP contribution < -0.4 is 5.32 Å². The number of halogens is 2. The van der Waals surface area contributed by atoms with Crippen LogP contribution in [0.3, 0.4) is 0 Å². The van der Waals surface area contributed by atoms with Crippen LogP contribution in [0.1, 0.15) is 24.8 Å². The second-order valence-electron chi connectivity index (χ2n) is 4.44. The van der Waals surface area contributed by atoms with Crippen molar-refractivity contribution in [1.82, 2.24) is 5.32 Å². The summed E-state index contributed by atoms with van der Waals surface area (Å²) >= 11 is 9.41. The van der Waals surface area contributed by atoms with E-state index in [0.717, 1.165) is 16.0 Å². The molecular weight excluding hydrogens is 302 g/mol. The van der Waals surface area contributed by atoms with Gasteiger partial charge >= 0.3 is 0 Å². The van der Waals surface area contributed by atoms with Crippen LogP contribution in [0.2, 0.25) is 5.02 Å². The van der Waals surface area contributed by atoms with E-state index in [1.807, 2.05) is 6.07 Å². The maximum absolute atomic E-state index is 5.97. The Morgan fingerprint density at radius 1 is 1.47 bits per heavy atom. The summed E-state index contributed by atoms with van der Waals surface area (Å²) in [7, 11) is 1.80. The zero-order valence-corrected chi connectivity index (χ0v) is 12.2. The van der Waals surface area contributed by atoms with E-state index in [1.54, 1.807) is 7.11 Å². The van der Waals surface area contributed by atoms with Crippen molar-refractivity contribution in [3.63, 3.8) is 0 Å². The van der Waals surface area contributed by atoms with Gasteiger partial charge in [-0.3, -0.25) is 0 Å². The zero-order chi connectivity index (χ0) is 12.3. The fourth-order valence-electron chi connectivity index (χ4n) is 2.34. The summed E-state index contributed by atoms with van der Waals surface area (Å²) in [6.07, 6.45) is 3.98. The molecule has 2 atom stereocenters. The SMILES string of the molecule is COC1CCCC1NCc1ccc(Cl)c(Br)c1. The topological polar surface area (TPSA) is 21.3 Å². The molecular formula is C13H17BrClNO. The van der Waals surface area contributed by atoms with E-state index < -0.39 is 0 Å². The third-order valence-electron chi connectivity index (χ3n) is 3.31. The van der Waals surface area contributed by atoms with E-state index in [-0.39, 0.29) is 0 Å². The van der Waals surface area contributed by atoms with Gasteiger partial charge in [-0.05, 0) is 52.9 Å². The van der Waals surface area contributed by atoms with E-state index in [0.29, 0.717) is 12.1 Å². The number of methoxy groups -OCH3 is 1. The van der Waals surface area contributed by atoms with Crippen molar-refractivity contribution in [2.75, 3.05) is 7.11 Å². The maximum Gasteiger partial charge on any atom is 0.0724 e. The van der Waals surface area contributed by atoms with Crippen LogP contribution in [0, 0.1) is 0 Å². The first-order chi connectivity index (χ1) is 8.20. The lowest BCUT2D eigenvalue weighted by Crippen LogP contribution is -2.36. The Hall–Kier alpha value is -0.0900. The molecule has 0 bridgehead atoms. The van der Waals surface area contributed by atoms with E-state index >= 15 is 0 Å². The average molecular weight is 319 g/mol. The molecule has 2 unspecified atom stereocenters. The Bertz CT molecular complexity index is 386. The molecule has 2 rings (SSSR count). The van der Waals surface area contributed by atoms with Gasteiger partial charge < -0.3 is 10.1 Å². The highest BCUT2D eigenvalue weighted by Gasteiger charge is 2.26. The molecule has 0 aliphatic heterocycles. The molecule has 1 aliphatic rings. The number of nitrogens with one attached hydrogen (secondary N) is 1. The van der Waals surface area contributed by atoms with E-state index in [9.17, 15) is 0 Å². The zero-order valence-electron chi connectivity index (χ0n) is 9.88. The molecule has 1 aliphatic carbocycles. The number of rotatable bonds is 4. The molecule has 0 saturated heterocycles. The van der Waals surface area contributed by atoms with Crippen molar-refractivity contribution in [3.8, 4) is 0 Å². The molecule has 0 radical (unpaired) electrons. The highest BCUT2D eigenvalue weighted by molar-refractivity contribution is 9.10. The predicted octanol–water partition coefficient (Wildman–Crippen LogP) is 3.76. The third-order valence-corrected chi connectivity index (χ3v) is 4.52. The van der Waals surface area contributed by atoms with Gasteiger partial charge in [0.1, 0.15) is 0 Å². The van der Waals surface area contributed by atoms with Gasteiger partial charge in [0.2, 0.25) is 0 Å². The Kier molecular flexibility index (Phi) is 4.86. The van der Waals surface area contributed by atoms with Gasteiger partial charge in [-0.25, -0.2) is 0 Å². The van der Waals surface area contributed by atoms with E-state index in [2.05, 4.69) is 33.4 Å². The van der Waals surface area contributed by atoms with Gasteiger partial charge in [-0.2, -0.15) is 0 Å². The summed E-state index contributed by atoms with van der Waals surface area (Å²) in [6.45, 7) is 0.861. The van der Waals surface area contributed by atoms with Crippen molar-refractivity contribution >= 4 is 27.5 Å². The first-order valence-corrected chi connectivity index (χ1v) is 7.08. The van der Waals surface area contributed by atoms with E-state index in [4.69, 9.17) is 16.3 Å². The molecule has 1 aromatic carbocycles. The number of benzene rings is 1. The van der Waals surface area contributed by atoms with Crippen molar-refractivity contribution in [2.24, 2.45) is 0 Å². The van der Waals surface area contributed by atoms with E-state index in [1.165, 1.54) is 24.8 Å².